The van der Waals surface area contributed by atoms with Crippen molar-refractivity contribution in [3.63, 3.8) is 0 Å². The zero-order valence-electron chi connectivity index (χ0n) is 27.9. The topological polar surface area (TPSA) is 53.0 Å². The number of aliphatic hydroxyl groups is 1. The third-order valence-corrected chi connectivity index (χ3v) is 13.2. The fraction of sp³-hybridized carbons (Fsp3) is 0.649. The Hall–Kier alpha value is -2.06. The number of fused-ring (bicyclic) bond motifs is 4. The van der Waals surface area contributed by atoms with E-state index >= 15 is 0 Å². The first-order chi connectivity index (χ1) is 21.1. The Morgan fingerprint density at radius 1 is 0.977 bits per heavy atom. The monoisotopic (exact) mass is 624 g/mol. The molecule has 2 aromatic carbocycles. The Labute approximate surface area is 268 Å². The number of quaternary nitrogens is 1. The molecule has 0 amide bonds. The van der Waals surface area contributed by atoms with Crippen LogP contribution in [0.25, 0.3) is 0 Å². The van der Waals surface area contributed by atoms with Gasteiger partial charge in [-0.25, -0.2) is 0 Å². The number of benzene rings is 2. The van der Waals surface area contributed by atoms with E-state index in [-0.39, 0.29) is 5.92 Å². The molecule has 0 saturated carbocycles. The van der Waals surface area contributed by atoms with Gasteiger partial charge in [-0.3, -0.25) is 9.11 Å². The molecule has 3 saturated heterocycles. The number of hydrogen-bond donors (Lipinski definition) is 1. The number of anilines is 1. The Bertz CT molecular complexity index is 1310. The van der Waals surface area contributed by atoms with Crippen LogP contribution in [0.3, 0.4) is 0 Å². The average Bonchev–Trinajstić information content (AvgIpc) is 3.10. The van der Waals surface area contributed by atoms with Crippen molar-refractivity contribution < 1.29 is 18.5 Å². The fourth-order valence-corrected chi connectivity index (χ4v) is 10.6. The van der Waals surface area contributed by atoms with E-state index in [0.717, 1.165) is 79.0 Å². The molecule has 6 rings (SSSR count). The van der Waals surface area contributed by atoms with Crippen LogP contribution in [0.2, 0.25) is 0 Å². The first-order valence-electron chi connectivity index (χ1n) is 17.3. The molecule has 2 bridgehead atoms. The van der Waals surface area contributed by atoms with Gasteiger partial charge in [0, 0.05) is 61.4 Å². The molecule has 44 heavy (non-hydrogen) atoms. The SMILES string of the molecule is C=S1(=O)CC(CCCC)(CCCC)[C@H](O)[C@H](c2ccc(OCCCC[N+]34CCN(CC3)CC4)cc2)c2cc(N(C)C)ccc21. The Balaban J connectivity index is 1.37. The molecule has 7 heteroatoms. The third-order valence-electron chi connectivity index (χ3n) is 11.0. The van der Waals surface area contributed by atoms with E-state index in [4.69, 9.17) is 4.74 Å². The molecule has 0 aliphatic carbocycles. The van der Waals surface area contributed by atoms with Gasteiger partial charge in [-0.05, 0) is 82.5 Å². The number of hydrogen-bond acceptors (Lipinski definition) is 5. The van der Waals surface area contributed by atoms with Crippen LogP contribution in [0.15, 0.2) is 47.4 Å². The summed E-state index contributed by atoms with van der Waals surface area (Å²) in [6, 6.07) is 14.6. The van der Waals surface area contributed by atoms with Crippen LogP contribution in [0, 0.1) is 5.41 Å². The molecular formula is C37H58N3O3S+. The van der Waals surface area contributed by atoms with Gasteiger partial charge >= 0.3 is 0 Å². The Kier molecular flexibility index (Phi) is 10.7. The average molecular weight is 625 g/mol. The van der Waals surface area contributed by atoms with E-state index < -0.39 is 21.0 Å². The standard InChI is InChI=1S/C37H58N3O3S/c1-6-8-18-37(19-9-7-2)29-44(5,42)34-17-14-31(38(3)4)28-33(34)35(36(37)41)30-12-15-32(16-13-30)43-27-11-10-23-40-24-20-39(21-25-40)22-26-40/h12-17,28,35-36,41H,5-11,18-27,29H2,1-4H3/q+1/t35-,36-,44?/m1/s1. The Morgan fingerprint density at radius 2 is 1.61 bits per heavy atom. The second kappa shape index (κ2) is 14.1. The molecular weight excluding hydrogens is 566 g/mol. The van der Waals surface area contributed by atoms with Crippen LogP contribution in [0.5, 0.6) is 5.75 Å². The van der Waals surface area contributed by atoms with E-state index in [0.29, 0.717) is 5.75 Å². The zero-order chi connectivity index (χ0) is 31.4. The van der Waals surface area contributed by atoms with Crippen LogP contribution < -0.4 is 9.64 Å². The maximum atomic E-state index is 14.5. The molecule has 0 aromatic heterocycles. The summed E-state index contributed by atoms with van der Waals surface area (Å²) in [6.07, 6.45) is 7.46. The van der Waals surface area contributed by atoms with Crippen molar-refractivity contribution in [2.24, 2.45) is 5.41 Å². The zero-order valence-corrected chi connectivity index (χ0v) is 28.8. The van der Waals surface area contributed by atoms with Crippen LogP contribution in [-0.4, -0.2) is 103 Å². The lowest BCUT2D eigenvalue weighted by Gasteiger charge is -2.50. The minimum Gasteiger partial charge on any atom is -0.494 e. The predicted molar refractivity (Wildman–Crippen MR) is 186 cm³/mol. The lowest BCUT2D eigenvalue weighted by atomic mass is 9.68. The smallest absolute Gasteiger partial charge is 0.119 e. The van der Waals surface area contributed by atoms with Gasteiger partial charge in [0.05, 0.1) is 38.9 Å². The fourth-order valence-electron chi connectivity index (χ4n) is 8.11. The second-order valence-electron chi connectivity index (χ2n) is 14.3. The van der Waals surface area contributed by atoms with Gasteiger partial charge in [-0.15, -0.1) is 0 Å². The summed E-state index contributed by atoms with van der Waals surface area (Å²) in [5.74, 6) is 5.40. The van der Waals surface area contributed by atoms with Crippen molar-refractivity contribution in [1.82, 2.24) is 4.90 Å². The molecule has 4 aliphatic rings. The highest BCUT2D eigenvalue weighted by atomic mass is 32.2. The summed E-state index contributed by atoms with van der Waals surface area (Å²) < 4.78 is 22.0. The predicted octanol–water partition coefficient (Wildman–Crippen LogP) is 6.01. The Morgan fingerprint density at radius 3 is 2.20 bits per heavy atom. The minimum atomic E-state index is -2.61. The van der Waals surface area contributed by atoms with Gasteiger partial charge in [0.1, 0.15) is 5.75 Å². The maximum absolute atomic E-state index is 14.5. The molecule has 6 nitrogen and oxygen atoms in total. The van der Waals surface area contributed by atoms with E-state index in [1.807, 2.05) is 26.2 Å². The van der Waals surface area contributed by atoms with Crippen molar-refractivity contribution in [3.05, 3.63) is 53.6 Å². The number of unbranched alkanes of at least 4 members (excludes halogenated alkanes) is 3. The highest BCUT2D eigenvalue weighted by molar-refractivity contribution is 8.00. The van der Waals surface area contributed by atoms with E-state index in [1.165, 1.54) is 56.7 Å². The van der Waals surface area contributed by atoms with Gasteiger partial charge in [0.25, 0.3) is 0 Å². The number of aliphatic hydroxyl groups excluding tert-OH is 1. The first-order valence-corrected chi connectivity index (χ1v) is 19.2. The van der Waals surface area contributed by atoms with Crippen LogP contribution in [0.4, 0.5) is 5.69 Å². The molecule has 4 aliphatic heterocycles. The summed E-state index contributed by atoms with van der Waals surface area (Å²) in [6.45, 7) is 14.1. The normalized spacial score (nSPS) is 29.2. The van der Waals surface area contributed by atoms with Gasteiger partial charge < -0.3 is 19.2 Å². The van der Waals surface area contributed by atoms with Gasteiger partial charge in [0.2, 0.25) is 0 Å². The molecule has 1 unspecified atom stereocenters. The summed E-state index contributed by atoms with van der Waals surface area (Å²) in [5.41, 5.74) is 2.60. The molecule has 3 fully saturated rings. The molecule has 244 valence electrons. The quantitative estimate of drug-likeness (QED) is 0.159. The van der Waals surface area contributed by atoms with E-state index in [9.17, 15) is 9.32 Å². The van der Waals surface area contributed by atoms with Crippen molar-refractivity contribution in [2.75, 3.05) is 77.2 Å². The molecule has 3 atom stereocenters. The minimum absolute atomic E-state index is 0.281. The summed E-state index contributed by atoms with van der Waals surface area (Å²) >= 11 is 0. The van der Waals surface area contributed by atoms with Gasteiger partial charge in [-0.2, -0.15) is 0 Å². The third kappa shape index (κ3) is 7.16. The summed E-state index contributed by atoms with van der Waals surface area (Å²) in [5, 5.41) is 12.5. The first kappa shape index (κ1) is 33.3. The largest absolute Gasteiger partial charge is 0.494 e. The number of rotatable bonds is 14. The highest BCUT2D eigenvalue weighted by Crippen LogP contribution is 2.50. The van der Waals surface area contributed by atoms with Crippen molar-refractivity contribution in [3.8, 4) is 5.75 Å². The van der Waals surface area contributed by atoms with Crippen LogP contribution >= 0.6 is 0 Å². The van der Waals surface area contributed by atoms with Crippen molar-refractivity contribution in [1.29, 1.82) is 0 Å². The van der Waals surface area contributed by atoms with Crippen molar-refractivity contribution in [2.45, 2.75) is 82.1 Å². The number of nitrogens with zero attached hydrogens (tertiary/aromatic N) is 3. The molecule has 2 aromatic rings. The second-order valence-corrected chi connectivity index (χ2v) is 16.6. The molecule has 0 radical (unpaired) electrons. The van der Waals surface area contributed by atoms with Crippen LogP contribution in [-0.2, 0) is 9.52 Å². The number of piperazine rings is 3. The van der Waals surface area contributed by atoms with Crippen LogP contribution in [0.1, 0.15) is 82.3 Å². The maximum Gasteiger partial charge on any atom is 0.119 e. The van der Waals surface area contributed by atoms with Crippen molar-refractivity contribution >= 4 is 21.1 Å². The molecule has 0 spiro atoms. The summed E-state index contributed by atoms with van der Waals surface area (Å²) in [4.78, 5) is 5.49. The number of ether oxygens (including phenoxy) is 1. The molecule has 1 N–H and O–H groups in total. The van der Waals surface area contributed by atoms with Gasteiger partial charge in [0.15, 0.2) is 0 Å². The van der Waals surface area contributed by atoms with E-state index in [1.54, 1.807) is 0 Å². The molecule has 4 heterocycles. The lowest BCUT2D eigenvalue weighted by molar-refractivity contribution is -0.941. The highest BCUT2D eigenvalue weighted by Gasteiger charge is 2.47. The lowest BCUT2D eigenvalue weighted by Crippen LogP contribution is -2.67. The van der Waals surface area contributed by atoms with E-state index in [2.05, 4.69) is 59.8 Å². The summed E-state index contributed by atoms with van der Waals surface area (Å²) in [7, 11) is 1.45. The van der Waals surface area contributed by atoms with Gasteiger partial charge in [-0.1, -0.05) is 51.7 Å².